The van der Waals surface area contributed by atoms with Gasteiger partial charge in [-0.3, -0.25) is 9.69 Å². The summed E-state index contributed by atoms with van der Waals surface area (Å²) in [5.74, 6) is 1.90. The Kier molecular flexibility index (Phi) is 4.84. The molecule has 0 aromatic heterocycles. The molecule has 2 unspecified atom stereocenters. The van der Waals surface area contributed by atoms with E-state index in [4.69, 9.17) is 9.47 Å². The number of fused-ring (bicyclic) bond motifs is 1. The molecule has 3 aliphatic heterocycles. The Bertz CT molecular complexity index is 627. The Morgan fingerprint density at radius 2 is 1.88 bits per heavy atom. The van der Waals surface area contributed by atoms with Crippen LogP contribution in [0.1, 0.15) is 38.2 Å². The highest BCUT2D eigenvalue weighted by Gasteiger charge is 2.37. The summed E-state index contributed by atoms with van der Waals surface area (Å²) in [6.45, 7) is 6.73. The van der Waals surface area contributed by atoms with Crippen molar-refractivity contribution in [1.29, 1.82) is 0 Å². The van der Waals surface area contributed by atoms with Crippen LogP contribution in [0.3, 0.4) is 0 Å². The number of aryl methyl sites for hydroxylation is 1. The molecule has 0 saturated carbocycles. The number of hydrogen-bond acceptors (Lipinski definition) is 4. The molecule has 5 heteroatoms. The lowest BCUT2D eigenvalue weighted by Crippen LogP contribution is -2.44. The molecule has 3 heterocycles. The maximum atomic E-state index is 12.7. The van der Waals surface area contributed by atoms with Gasteiger partial charge in [-0.05, 0) is 63.4 Å². The first-order chi connectivity index (χ1) is 12.2. The molecule has 25 heavy (non-hydrogen) atoms. The third kappa shape index (κ3) is 3.47. The molecule has 0 spiro atoms. The topological polar surface area (TPSA) is 42.0 Å². The maximum absolute atomic E-state index is 12.7. The lowest BCUT2D eigenvalue weighted by Gasteiger charge is -2.30. The van der Waals surface area contributed by atoms with Gasteiger partial charge in [-0.25, -0.2) is 0 Å². The molecule has 2 saturated heterocycles. The number of carbonyl (C=O) groups is 1. The van der Waals surface area contributed by atoms with Gasteiger partial charge in [0.25, 0.3) is 0 Å². The summed E-state index contributed by atoms with van der Waals surface area (Å²) < 4.78 is 11.2. The van der Waals surface area contributed by atoms with E-state index in [0.717, 1.165) is 36.4 Å². The zero-order chi connectivity index (χ0) is 17.2. The molecule has 1 aromatic rings. The second kappa shape index (κ2) is 7.24. The Labute approximate surface area is 149 Å². The first kappa shape index (κ1) is 16.7. The van der Waals surface area contributed by atoms with Gasteiger partial charge in [0.05, 0.1) is 0 Å². The van der Waals surface area contributed by atoms with Crippen molar-refractivity contribution in [2.75, 3.05) is 32.8 Å². The highest BCUT2D eigenvalue weighted by atomic mass is 16.6. The van der Waals surface area contributed by atoms with Crippen LogP contribution < -0.4 is 9.47 Å². The molecule has 1 aromatic carbocycles. The Morgan fingerprint density at radius 1 is 1.12 bits per heavy atom. The largest absolute Gasteiger partial charge is 0.486 e. The molecule has 136 valence electrons. The highest BCUT2D eigenvalue weighted by Crippen LogP contribution is 2.31. The first-order valence-corrected chi connectivity index (χ1v) is 9.64. The normalized spacial score (nSPS) is 26.2. The fourth-order valence-corrected chi connectivity index (χ4v) is 4.47. The highest BCUT2D eigenvalue weighted by molar-refractivity contribution is 5.77. The third-order valence-corrected chi connectivity index (χ3v) is 5.88. The van der Waals surface area contributed by atoms with Gasteiger partial charge in [0.2, 0.25) is 5.91 Å². The van der Waals surface area contributed by atoms with E-state index in [9.17, 15) is 4.79 Å². The van der Waals surface area contributed by atoms with Crippen molar-refractivity contribution in [3.8, 4) is 11.5 Å². The van der Waals surface area contributed by atoms with E-state index in [1.165, 1.54) is 25.9 Å². The van der Waals surface area contributed by atoms with Crippen LogP contribution >= 0.6 is 0 Å². The van der Waals surface area contributed by atoms with Gasteiger partial charge >= 0.3 is 0 Å². The van der Waals surface area contributed by atoms with Crippen LogP contribution in [0.4, 0.5) is 0 Å². The van der Waals surface area contributed by atoms with Crippen molar-refractivity contribution in [2.24, 2.45) is 0 Å². The number of likely N-dealkylation sites (tertiary alicyclic amines) is 2. The minimum Gasteiger partial charge on any atom is -0.486 e. The molecule has 1 amide bonds. The van der Waals surface area contributed by atoms with E-state index in [1.54, 1.807) is 0 Å². The second-order valence-corrected chi connectivity index (χ2v) is 7.40. The predicted molar refractivity (Wildman–Crippen MR) is 96.1 cm³/mol. The van der Waals surface area contributed by atoms with Gasteiger partial charge in [-0.1, -0.05) is 6.07 Å². The average molecular weight is 344 g/mol. The number of nitrogens with zero attached hydrogens (tertiary/aromatic N) is 2. The van der Waals surface area contributed by atoms with Gasteiger partial charge < -0.3 is 14.4 Å². The molecule has 3 aliphatic rings. The number of rotatable bonds is 4. The number of ether oxygens (including phenoxy) is 2. The van der Waals surface area contributed by atoms with E-state index >= 15 is 0 Å². The summed E-state index contributed by atoms with van der Waals surface area (Å²) in [5.41, 5.74) is 1.14. The number of carbonyl (C=O) groups excluding carboxylic acids is 1. The average Bonchev–Trinajstić information content (AvgIpc) is 3.29. The van der Waals surface area contributed by atoms with Gasteiger partial charge in [0.1, 0.15) is 13.2 Å². The Hall–Kier alpha value is -1.75. The molecular weight excluding hydrogens is 316 g/mol. The zero-order valence-corrected chi connectivity index (χ0v) is 15.1. The minimum absolute atomic E-state index is 0.282. The van der Waals surface area contributed by atoms with E-state index in [2.05, 4.69) is 16.7 Å². The van der Waals surface area contributed by atoms with Crippen molar-refractivity contribution >= 4 is 5.91 Å². The standard InChI is InChI=1S/C20H28N2O3/c1-15-17(21-9-2-3-10-21)8-11-22(15)20(23)7-5-16-4-6-18-19(14-16)25-13-12-24-18/h4,6,14-15,17H,2-3,5,7-13H2,1H3. The fourth-order valence-electron chi connectivity index (χ4n) is 4.47. The minimum atomic E-state index is 0.282. The van der Waals surface area contributed by atoms with Crippen LogP contribution in [0.2, 0.25) is 0 Å². The second-order valence-electron chi connectivity index (χ2n) is 7.40. The summed E-state index contributed by atoms with van der Waals surface area (Å²) in [6.07, 6.45) is 5.06. The lowest BCUT2D eigenvalue weighted by atomic mass is 10.1. The zero-order valence-electron chi connectivity index (χ0n) is 15.1. The molecule has 0 radical (unpaired) electrons. The van der Waals surface area contributed by atoms with Crippen molar-refractivity contribution in [3.63, 3.8) is 0 Å². The summed E-state index contributed by atoms with van der Waals surface area (Å²) in [5, 5.41) is 0. The predicted octanol–water partition coefficient (Wildman–Crippen LogP) is 2.48. The van der Waals surface area contributed by atoms with Crippen LogP contribution in [0.25, 0.3) is 0 Å². The molecule has 2 fully saturated rings. The van der Waals surface area contributed by atoms with E-state index in [-0.39, 0.29) is 5.91 Å². The summed E-state index contributed by atoms with van der Waals surface area (Å²) in [6, 6.07) is 6.91. The quantitative estimate of drug-likeness (QED) is 0.841. The van der Waals surface area contributed by atoms with Gasteiger partial charge in [0.15, 0.2) is 11.5 Å². The molecule has 5 nitrogen and oxygen atoms in total. The summed E-state index contributed by atoms with van der Waals surface area (Å²) in [4.78, 5) is 17.4. The molecule has 0 bridgehead atoms. The monoisotopic (exact) mass is 344 g/mol. The van der Waals surface area contributed by atoms with Crippen molar-refractivity contribution in [3.05, 3.63) is 23.8 Å². The molecule has 4 rings (SSSR count). The van der Waals surface area contributed by atoms with Crippen molar-refractivity contribution in [1.82, 2.24) is 9.80 Å². The van der Waals surface area contributed by atoms with Crippen molar-refractivity contribution in [2.45, 2.75) is 51.1 Å². The van der Waals surface area contributed by atoms with Crippen LogP contribution in [-0.2, 0) is 11.2 Å². The van der Waals surface area contributed by atoms with Crippen LogP contribution in [0.15, 0.2) is 18.2 Å². The van der Waals surface area contributed by atoms with Gasteiger partial charge in [-0.15, -0.1) is 0 Å². The fraction of sp³-hybridized carbons (Fsp3) is 0.650. The van der Waals surface area contributed by atoms with Gasteiger partial charge in [-0.2, -0.15) is 0 Å². The van der Waals surface area contributed by atoms with E-state index in [0.29, 0.717) is 31.7 Å². The summed E-state index contributed by atoms with van der Waals surface area (Å²) in [7, 11) is 0. The molecule has 0 N–H and O–H groups in total. The maximum Gasteiger partial charge on any atom is 0.223 e. The smallest absolute Gasteiger partial charge is 0.223 e. The Balaban J connectivity index is 1.33. The molecule has 0 aliphatic carbocycles. The molecule has 2 atom stereocenters. The van der Waals surface area contributed by atoms with Gasteiger partial charge in [0, 0.05) is 25.0 Å². The van der Waals surface area contributed by atoms with Crippen LogP contribution in [0.5, 0.6) is 11.5 Å². The van der Waals surface area contributed by atoms with E-state index in [1.807, 2.05) is 18.2 Å². The molecular formula is C20H28N2O3. The number of benzene rings is 1. The summed E-state index contributed by atoms with van der Waals surface area (Å²) >= 11 is 0. The van der Waals surface area contributed by atoms with Crippen LogP contribution in [-0.4, -0.2) is 60.6 Å². The first-order valence-electron chi connectivity index (χ1n) is 9.64. The third-order valence-electron chi connectivity index (χ3n) is 5.88. The van der Waals surface area contributed by atoms with Crippen LogP contribution in [0, 0.1) is 0 Å². The van der Waals surface area contributed by atoms with Crippen molar-refractivity contribution < 1.29 is 14.3 Å². The van der Waals surface area contributed by atoms with E-state index < -0.39 is 0 Å². The number of hydrogen-bond donors (Lipinski definition) is 0. The lowest BCUT2D eigenvalue weighted by molar-refractivity contribution is -0.132. The number of amides is 1. The SMILES string of the molecule is CC1C(N2CCCC2)CCN1C(=O)CCc1ccc2c(c1)OCCO2. The Morgan fingerprint density at radius 3 is 2.68 bits per heavy atom.